The summed E-state index contributed by atoms with van der Waals surface area (Å²) >= 11 is 0. The minimum Gasteiger partial charge on any atom is -0.390 e. The van der Waals surface area contributed by atoms with Crippen LogP contribution >= 0.6 is 0 Å². The topological polar surface area (TPSA) is 38.1 Å². The van der Waals surface area contributed by atoms with Gasteiger partial charge in [-0.1, -0.05) is 26.0 Å². The summed E-state index contributed by atoms with van der Waals surface area (Å²) in [7, 11) is 0. The van der Waals surface area contributed by atoms with Crippen molar-refractivity contribution in [3.05, 3.63) is 53.9 Å². The van der Waals surface area contributed by atoms with Gasteiger partial charge in [0.2, 0.25) is 0 Å². The number of imidazole rings is 1. The summed E-state index contributed by atoms with van der Waals surface area (Å²) in [5, 5.41) is 9.01. The molecular formula is C13H17FN2O. The van der Waals surface area contributed by atoms with Gasteiger partial charge in [0.15, 0.2) is 0 Å². The Hall–Kier alpha value is -1.68. The zero-order valence-corrected chi connectivity index (χ0v) is 10.1. The van der Waals surface area contributed by atoms with Crippen molar-refractivity contribution in [1.29, 1.82) is 0 Å². The van der Waals surface area contributed by atoms with Crippen LogP contribution in [0.15, 0.2) is 36.8 Å². The van der Waals surface area contributed by atoms with Crippen molar-refractivity contribution < 1.29 is 9.50 Å². The largest absolute Gasteiger partial charge is 0.390 e. The molecule has 2 rings (SSSR count). The first-order valence-electron chi connectivity index (χ1n) is 5.64. The average molecular weight is 236 g/mol. The van der Waals surface area contributed by atoms with Crippen molar-refractivity contribution >= 4 is 0 Å². The highest BCUT2D eigenvalue weighted by atomic mass is 19.1. The van der Waals surface area contributed by atoms with E-state index in [1.807, 2.05) is 19.9 Å². The van der Waals surface area contributed by atoms with Crippen LogP contribution in [0.3, 0.4) is 0 Å². The molecule has 0 aliphatic heterocycles. The molecule has 0 radical (unpaired) electrons. The Morgan fingerprint density at radius 3 is 2.76 bits per heavy atom. The second kappa shape index (κ2) is 6.81. The summed E-state index contributed by atoms with van der Waals surface area (Å²) in [4.78, 5) is 3.92. The smallest absolute Gasteiger partial charge is 0.123 e. The van der Waals surface area contributed by atoms with Crippen LogP contribution in [0.1, 0.15) is 25.1 Å². The Bertz CT molecular complexity index is 454. The molecule has 4 heteroatoms. The first-order chi connectivity index (χ1) is 8.29. The summed E-state index contributed by atoms with van der Waals surface area (Å²) < 4.78 is 14.7. The molecule has 92 valence electrons. The first-order valence-corrected chi connectivity index (χ1v) is 5.64. The molecule has 0 amide bonds. The number of rotatable bonds is 3. The predicted octanol–water partition coefficient (Wildman–Crippen LogP) is 2.59. The normalized spacial score (nSPS) is 9.65. The Labute approximate surface area is 101 Å². The fourth-order valence-electron chi connectivity index (χ4n) is 1.45. The molecule has 0 aliphatic rings. The van der Waals surface area contributed by atoms with E-state index in [0.29, 0.717) is 6.54 Å². The minimum absolute atomic E-state index is 0.0602. The van der Waals surface area contributed by atoms with Gasteiger partial charge in [0.1, 0.15) is 5.82 Å². The van der Waals surface area contributed by atoms with Crippen LogP contribution in [0.2, 0.25) is 0 Å². The highest BCUT2D eigenvalue weighted by Crippen LogP contribution is 2.08. The van der Waals surface area contributed by atoms with E-state index in [0.717, 1.165) is 11.3 Å². The molecule has 1 heterocycles. The lowest BCUT2D eigenvalue weighted by atomic mass is 10.2. The molecule has 1 N–H and O–H groups in total. The summed E-state index contributed by atoms with van der Waals surface area (Å²) in [6, 6.07) is 6.38. The zero-order chi connectivity index (χ0) is 12.7. The number of hydrogen-bond acceptors (Lipinski definition) is 2. The average Bonchev–Trinajstić information content (AvgIpc) is 2.79. The van der Waals surface area contributed by atoms with E-state index < -0.39 is 0 Å². The summed E-state index contributed by atoms with van der Waals surface area (Å²) in [5.74, 6) is -0.252. The Kier molecular flexibility index (Phi) is 5.36. The molecule has 0 aliphatic carbocycles. The maximum Gasteiger partial charge on any atom is 0.123 e. The molecule has 0 atom stereocenters. The van der Waals surface area contributed by atoms with E-state index in [-0.39, 0.29) is 12.4 Å². The second-order valence-electron chi connectivity index (χ2n) is 3.30. The van der Waals surface area contributed by atoms with Crippen molar-refractivity contribution in [1.82, 2.24) is 9.55 Å². The van der Waals surface area contributed by atoms with E-state index in [2.05, 4.69) is 4.98 Å². The van der Waals surface area contributed by atoms with Gasteiger partial charge >= 0.3 is 0 Å². The van der Waals surface area contributed by atoms with Crippen LogP contribution < -0.4 is 0 Å². The Morgan fingerprint density at radius 2 is 2.12 bits per heavy atom. The molecular weight excluding hydrogens is 219 g/mol. The minimum atomic E-state index is -0.252. The highest BCUT2D eigenvalue weighted by Gasteiger charge is 2.01. The van der Waals surface area contributed by atoms with E-state index in [1.54, 1.807) is 23.2 Å². The van der Waals surface area contributed by atoms with Gasteiger partial charge < -0.3 is 9.67 Å². The van der Waals surface area contributed by atoms with Gasteiger partial charge in [0.05, 0.1) is 24.8 Å². The quantitative estimate of drug-likeness (QED) is 0.889. The monoisotopic (exact) mass is 236 g/mol. The summed E-state index contributed by atoms with van der Waals surface area (Å²) in [5.41, 5.74) is 1.57. The van der Waals surface area contributed by atoms with Crippen LogP contribution in [-0.2, 0) is 13.2 Å². The van der Waals surface area contributed by atoms with Crippen LogP contribution in [0.4, 0.5) is 4.39 Å². The van der Waals surface area contributed by atoms with Crippen LogP contribution in [-0.4, -0.2) is 14.7 Å². The van der Waals surface area contributed by atoms with Gasteiger partial charge in [-0.25, -0.2) is 9.37 Å². The number of aliphatic hydroxyl groups is 1. The summed E-state index contributed by atoms with van der Waals surface area (Å²) in [6.45, 7) is 4.46. The van der Waals surface area contributed by atoms with E-state index >= 15 is 0 Å². The number of aromatic nitrogens is 2. The second-order valence-corrected chi connectivity index (χ2v) is 3.30. The van der Waals surface area contributed by atoms with Crippen LogP contribution in [0.5, 0.6) is 0 Å². The van der Waals surface area contributed by atoms with Gasteiger partial charge in [0, 0.05) is 6.54 Å². The van der Waals surface area contributed by atoms with Crippen molar-refractivity contribution in [2.24, 2.45) is 0 Å². The predicted molar refractivity (Wildman–Crippen MR) is 65.0 cm³/mol. The van der Waals surface area contributed by atoms with Gasteiger partial charge in [-0.2, -0.15) is 0 Å². The molecule has 0 fully saturated rings. The summed E-state index contributed by atoms with van der Waals surface area (Å²) in [6.07, 6.45) is 3.22. The Morgan fingerprint density at radius 1 is 1.35 bits per heavy atom. The molecule has 0 unspecified atom stereocenters. The lowest BCUT2D eigenvalue weighted by Gasteiger charge is -2.06. The first kappa shape index (κ1) is 13.4. The standard InChI is InChI=1S/C11H11FN2O.C2H6/c12-10-3-1-2-9(4-10)6-14-8-13-5-11(14)7-15;1-2/h1-5,8,15H,6-7H2;1-2H3. The zero-order valence-electron chi connectivity index (χ0n) is 10.1. The van der Waals surface area contributed by atoms with Gasteiger partial charge in [0.25, 0.3) is 0 Å². The van der Waals surface area contributed by atoms with Crippen molar-refractivity contribution in [2.45, 2.75) is 27.0 Å². The molecule has 17 heavy (non-hydrogen) atoms. The SMILES string of the molecule is CC.OCc1cncn1Cc1cccc(F)c1. The van der Waals surface area contributed by atoms with Crippen molar-refractivity contribution in [3.8, 4) is 0 Å². The van der Waals surface area contributed by atoms with Crippen LogP contribution in [0.25, 0.3) is 0 Å². The Balaban J connectivity index is 0.000000686. The van der Waals surface area contributed by atoms with Crippen molar-refractivity contribution in [2.75, 3.05) is 0 Å². The lowest BCUT2D eigenvalue weighted by Crippen LogP contribution is -2.03. The number of nitrogens with zero attached hydrogens (tertiary/aromatic N) is 2. The van der Waals surface area contributed by atoms with Gasteiger partial charge in [-0.15, -0.1) is 0 Å². The third-order valence-corrected chi connectivity index (χ3v) is 2.20. The van der Waals surface area contributed by atoms with Gasteiger partial charge in [-0.3, -0.25) is 0 Å². The van der Waals surface area contributed by atoms with E-state index in [1.165, 1.54) is 12.1 Å². The molecule has 1 aromatic carbocycles. The fraction of sp³-hybridized carbons (Fsp3) is 0.308. The molecule has 0 bridgehead atoms. The third-order valence-electron chi connectivity index (χ3n) is 2.20. The number of benzene rings is 1. The fourth-order valence-corrected chi connectivity index (χ4v) is 1.45. The molecule has 3 nitrogen and oxygen atoms in total. The van der Waals surface area contributed by atoms with E-state index in [4.69, 9.17) is 5.11 Å². The number of halogens is 1. The van der Waals surface area contributed by atoms with Gasteiger partial charge in [-0.05, 0) is 17.7 Å². The molecule has 2 aromatic rings. The van der Waals surface area contributed by atoms with E-state index in [9.17, 15) is 4.39 Å². The maximum absolute atomic E-state index is 12.9. The molecule has 0 saturated heterocycles. The van der Waals surface area contributed by atoms with Crippen LogP contribution in [0, 0.1) is 5.82 Å². The number of aliphatic hydroxyl groups excluding tert-OH is 1. The third kappa shape index (κ3) is 3.67. The molecule has 0 saturated carbocycles. The lowest BCUT2D eigenvalue weighted by molar-refractivity contribution is 0.271. The maximum atomic E-state index is 12.9. The number of hydrogen-bond donors (Lipinski definition) is 1. The molecule has 1 aromatic heterocycles. The highest BCUT2D eigenvalue weighted by molar-refractivity contribution is 5.17. The van der Waals surface area contributed by atoms with Crippen molar-refractivity contribution in [3.63, 3.8) is 0 Å². The molecule has 0 spiro atoms.